The summed E-state index contributed by atoms with van der Waals surface area (Å²) in [6.45, 7) is 6.36. The van der Waals surface area contributed by atoms with Crippen molar-refractivity contribution in [3.8, 4) is 0 Å². The molecular weight excluding hydrogens is 315 g/mol. The molecule has 1 aromatic carbocycles. The van der Waals surface area contributed by atoms with E-state index in [1.54, 1.807) is 0 Å². The fraction of sp³-hybridized carbons (Fsp3) is 0.500. The van der Waals surface area contributed by atoms with Crippen LogP contribution in [0, 0.1) is 15.5 Å². The van der Waals surface area contributed by atoms with E-state index in [4.69, 9.17) is 23.2 Å². The Labute approximate surface area is 133 Å². The molecular formula is C14H18Cl2N2O3. The van der Waals surface area contributed by atoms with Gasteiger partial charge in [-0.3, -0.25) is 14.9 Å². The van der Waals surface area contributed by atoms with Gasteiger partial charge in [0.25, 0.3) is 11.6 Å². The number of nitrogens with one attached hydrogen (secondary N) is 1. The molecule has 0 fully saturated rings. The third-order valence-corrected chi connectivity index (χ3v) is 3.36. The molecule has 0 saturated carbocycles. The van der Waals surface area contributed by atoms with E-state index in [1.807, 2.05) is 20.8 Å². The molecule has 0 bridgehead atoms. The third kappa shape index (κ3) is 5.52. The van der Waals surface area contributed by atoms with Crippen molar-refractivity contribution in [1.82, 2.24) is 5.32 Å². The second-order valence-electron chi connectivity index (χ2n) is 5.96. The average Bonchev–Trinajstić information content (AvgIpc) is 2.33. The Morgan fingerprint density at radius 3 is 2.57 bits per heavy atom. The highest BCUT2D eigenvalue weighted by atomic mass is 35.5. The van der Waals surface area contributed by atoms with Crippen molar-refractivity contribution in [3.63, 3.8) is 0 Å². The predicted molar refractivity (Wildman–Crippen MR) is 84.2 cm³/mol. The molecule has 7 heteroatoms. The summed E-state index contributed by atoms with van der Waals surface area (Å²) in [5.41, 5.74) is -0.418. The summed E-state index contributed by atoms with van der Waals surface area (Å²) < 4.78 is 0. The number of carbonyl (C=O) groups excluding carboxylic acids is 1. The average molecular weight is 333 g/mol. The minimum atomic E-state index is -0.631. The standard InChI is InChI=1S/C14H18Cl2N2O3/c1-14(2,3)7-9(15)8-17-13(19)12-10(16)5-4-6-11(12)18(20)21/h4-6,9H,7-8H2,1-3H3,(H,17,19). The van der Waals surface area contributed by atoms with Crippen molar-refractivity contribution < 1.29 is 9.72 Å². The molecule has 1 atom stereocenters. The van der Waals surface area contributed by atoms with Crippen LogP contribution < -0.4 is 5.32 Å². The van der Waals surface area contributed by atoms with Crippen LogP contribution in [0.1, 0.15) is 37.6 Å². The van der Waals surface area contributed by atoms with Gasteiger partial charge in [0.15, 0.2) is 0 Å². The summed E-state index contributed by atoms with van der Waals surface area (Å²) in [5, 5.41) is 13.3. The Morgan fingerprint density at radius 2 is 2.05 bits per heavy atom. The van der Waals surface area contributed by atoms with Crippen LogP contribution in [0.25, 0.3) is 0 Å². The molecule has 0 saturated heterocycles. The normalized spacial score (nSPS) is 12.8. The number of alkyl halides is 1. The zero-order chi connectivity index (χ0) is 16.2. The van der Waals surface area contributed by atoms with E-state index in [2.05, 4.69) is 5.32 Å². The zero-order valence-electron chi connectivity index (χ0n) is 12.2. The molecule has 0 aromatic heterocycles. The number of hydrogen-bond acceptors (Lipinski definition) is 3. The number of nitro benzene ring substituents is 1. The summed E-state index contributed by atoms with van der Waals surface area (Å²) in [6.07, 6.45) is 0.708. The maximum absolute atomic E-state index is 12.1. The molecule has 116 valence electrons. The maximum atomic E-state index is 12.1. The topological polar surface area (TPSA) is 72.2 Å². The largest absolute Gasteiger partial charge is 0.350 e. The lowest BCUT2D eigenvalue weighted by atomic mass is 9.90. The second-order valence-corrected chi connectivity index (χ2v) is 6.99. The fourth-order valence-corrected chi connectivity index (χ4v) is 2.71. The van der Waals surface area contributed by atoms with Crippen LogP contribution in [0.4, 0.5) is 5.69 Å². The lowest BCUT2D eigenvalue weighted by Crippen LogP contribution is -2.32. The van der Waals surface area contributed by atoms with Gasteiger partial charge in [0.2, 0.25) is 0 Å². The smallest absolute Gasteiger partial charge is 0.283 e. The van der Waals surface area contributed by atoms with Gasteiger partial charge in [-0.15, -0.1) is 11.6 Å². The van der Waals surface area contributed by atoms with E-state index >= 15 is 0 Å². The van der Waals surface area contributed by atoms with Gasteiger partial charge in [0, 0.05) is 12.6 Å². The van der Waals surface area contributed by atoms with Crippen LogP contribution in [-0.4, -0.2) is 22.8 Å². The summed E-state index contributed by atoms with van der Waals surface area (Å²) in [4.78, 5) is 22.4. The summed E-state index contributed by atoms with van der Waals surface area (Å²) in [7, 11) is 0. The lowest BCUT2D eigenvalue weighted by Gasteiger charge is -2.22. The number of nitrogens with zero attached hydrogens (tertiary/aromatic N) is 1. The number of rotatable bonds is 5. The van der Waals surface area contributed by atoms with Crippen LogP contribution in [0.15, 0.2) is 18.2 Å². The number of nitro groups is 1. The Balaban J connectivity index is 2.79. The molecule has 1 aromatic rings. The van der Waals surface area contributed by atoms with Crippen molar-refractivity contribution in [2.24, 2.45) is 5.41 Å². The predicted octanol–water partition coefficient (Wildman–Crippen LogP) is 4.02. The third-order valence-electron chi connectivity index (χ3n) is 2.73. The fourth-order valence-electron chi connectivity index (χ4n) is 1.92. The molecule has 0 aliphatic carbocycles. The molecule has 0 aliphatic rings. The number of carbonyl (C=O) groups is 1. The minimum Gasteiger partial charge on any atom is -0.350 e. The quantitative estimate of drug-likeness (QED) is 0.502. The maximum Gasteiger partial charge on any atom is 0.283 e. The molecule has 21 heavy (non-hydrogen) atoms. The first-order valence-corrected chi connectivity index (χ1v) is 7.28. The molecule has 0 spiro atoms. The van der Waals surface area contributed by atoms with Crippen LogP contribution in [0.3, 0.4) is 0 Å². The van der Waals surface area contributed by atoms with Crippen molar-refractivity contribution in [2.45, 2.75) is 32.6 Å². The van der Waals surface area contributed by atoms with Crippen LogP contribution >= 0.6 is 23.2 Å². The second kappa shape index (κ2) is 7.09. The van der Waals surface area contributed by atoms with Gasteiger partial charge in [0.1, 0.15) is 5.56 Å². The van der Waals surface area contributed by atoms with E-state index in [1.165, 1.54) is 18.2 Å². The van der Waals surface area contributed by atoms with Crippen molar-refractivity contribution >= 4 is 34.8 Å². The van der Waals surface area contributed by atoms with Crippen molar-refractivity contribution in [1.29, 1.82) is 0 Å². The molecule has 1 unspecified atom stereocenters. The highest BCUT2D eigenvalue weighted by Crippen LogP contribution is 2.26. The van der Waals surface area contributed by atoms with Gasteiger partial charge >= 0.3 is 0 Å². The van der Waals surface area contributed by atoms with Gasteiger partial charge in [-0.2, -0.15) is 0 Å². The minimum absolute atomic E-state index is 0.0353. The zero-order valence-corrected chi connectivity index (χ0v) is 13.7. The van der Waals surface area contributed by atoms with Crippen LogP contribution in [0.2, 0.25) is 5.02 Å². The SMILES string of the molecule is CC(C)(C)CC(Cl)CNC(=O)c1c(Cl)cccc1[N+](=O)[O-]. The first-order valence-electron chi connectivity index (χ1n) is 6.47. The Morgan fingerprint density at radius 1 is 1.43 bits per heavy atom. The van der Waals surface area contributed by atoms with Gasteiger partial charge in [-0.1, -0.05) is 38.4 Å². The number of amides is 1. The van der Waals surface area contributed by atoms with Gasteiger partial charge in [-0.25, -0.2) is 0 Å². The Kier molecular flexibility index (Phi) is 5.98. The molecule has 0 aliphatic heterocycles. The first kappa shape index (κ1) is 17.7. The molecule has 0 radical (unpaired) electrons. The van der Waals surface area contributed by atoms with Gasteiger partial charge < -0.3 is 5.32 Å². The number of hydrogen-bond donors (Lipinski definition) is 1. The molecule has 5 nitrogen and oxygen atoms in total. The van der Waals surface area contributed by atoms with Gasteiger partial charge in [0.05, 0.1) is 15.3 Å². The van der Waals surface area contributed by atoms with E-state index in [9.17, 15) is 14.9 Å². The van der Waals surface area contributed by atoms with Crippen LogP contribution in [0.5, 0.6) is 0 Å². The molecule has 1 amide bonds. The lowest BCUT2D eigenvalue weighted by molar-refractivity contribution is -0.385. The van der Waals surface area contributed by atoms with Crippen molar-refractivity contribution in [3.05, 3.63) is 38.9 Å². The summed E-state index contributed by atoms with van der Waals surface area (Å²) >= 11 is 12.0. The Bertz CT molecular complexity index is 542. The highest BCUT2D eigenvalue weighted by molar-refractivity contribution is 6.34. The number of benzene rings is 1. The number of halogens is 2. The molecule has 1 N–H and O–H groups in total. The van der Waals surface area contributed by atoms with Crippen LogP contribution in [-0.2, 0) is 0 Å². The molecule has 0 heterocycles. The van der Waals surface area contributed by atoms with E-state index in [-0.39, 0.29) is 33.6 Å². The highest BCUT2D eigenvalue weighted by Gasteiger charge is 2.24. The van der Waals surface area contributed by atoms with Crippen molar-refractivity contribution in [2.75, 3.05) is 6.54 Å². The van der Waals surface area contributed by atoms with E-state index in [0.717, 1.165) is 0 Å². The Hall–Kier alpha value is -1.33. The van der Waals surface area contributed by atoms with Gasteiger partial charge in [-0.05, 0) is 17.9 Å². The monoisotopic (exact) mass is 332 g/mol. The van der Waals surface area contributed by atoms with E-state index in [0.29, 0.717) is 6.42 Å². The summed E-state index contributed by atoms with van der Waals surface area (Å²) in [5.74, 6) is -0.591. The first-order chi connectivity index (χ1) is 9.61. The van der Waals surface area contributed by atoms with E-state index < -0.39 is 10.8 Å². The molecule has 1 rings (SSSR count). The summed E-state index contributed by atoms with van der Waals surface area (Å²) in [6, 6.07) is 4.12.